The van der Waals surface area contributed by atoms with Gasteiger partial charge in [-0.2, -0.15) is 0 Å². The van der Waals surface area contributed by atoms with Gasteiger partial charge in [0.15, 0.2) is 0 Å². The van der Waals surface area contributed by atoms with Gasteiger partial charge in [0.1, 0.15) is 5.75 Å². The molecule has 0 fully saturated rings. The average molecular weight is 531 g/mol. The zero-order chi connectivity index (χ0) is 28.5. The number of carboxylic acids is 1. The number of unbranched alkanes of at least 4 members (excludes halogenated alkanes) is 2. The van der Waals surface area contributed by atoms with E-state index in [2.05, 4.69) is 47.6 Å². The number of hydrogen-bond acceptors (Lipinski definition) is 4. The van der Waals surface area contributed by atoms with Crippen LogP contribution in [0.3, 0.4) is 0 Å². The van der Waals surface area contributed by atoms with Crippen molar-refractivity contribution in [3.8, 4) is 5.75 Å². The number of ether oxygens (including phenoxy) is 1. The minimum atomic E-state index is -0.944. The molecule has 6 heteroatoms. The molecule has 3 rings (SSSR count). The highest BCUT2D eigenvalue weighted by atomic mass is 16.5. The van der Waals surface area contributed by atoms with Gasteiger partial charge in [-0.3, -0.25) is 14.6 Å². The molecule has 0 heterocycles. The van der Waals surface area contributed by atoms with Crippen molar-refractivity contribution in [2.75, 3.05) is 13.7 Å². The summed E-state index contributed by atoms with van der Waals surface area (Å²) in [4.78, 5) is 27.4. The number of rotatable bonds is 13. The Labute approximate surface area is 233 Å². The van der Waals surface area contributed by atoms with E-state index in [9.17, 15) is 9.59 Å². The van der Waals surface area contributed by atoms with Crippen LogP contribution in [0.25, 0.3) is 0 Å². The van der Waals surface area contributed by atoms with E-state index in [1.807, 2.05) is 44.2 Å². The van der Waals surface area contributed by atoms with E-state index in [0.29, 0.717) is 5.56 Å². The van der Waals surface area contributed by atoms with Gasteiger partial charge in [0.2, 0.25) is 0 Å². The molecule has 0 radical (unpaired) electrons. The normalized spacial score (nSPS) is 10.8. The Morgan fingerprint density at radius 1 is 0.923 bits per heavy atom. The van der Waals surface area contributed by atoms with Crippen LogP contribution >= 0.6 is 0 Å². The fourth-order valence-electron chi connectivity index (χ4n) is 3.97. The van der Waals surface area contributed by atoms with Crippen molar-refractivity contribution in [1.82, 2.24) is 5.32 Å². The lowest BCUT2D eigenvalue weighted by molar-refractivity contribution is -0.136. The molecule has 0 aromatic heterocycles. The van der Waals surface area contributed by atoms with Crippen LogP contribution in [0.2, 0.25) is 0 Å². The lowest BCUT2D eigenvalue weighted by Gasteiger charge is -2.09. The third-order valence-electron chi connectivity index (χ3n) is 6.27. The number of methoxy groups -OCH3 is 1. The topological polar surface area (TPSA) is 88.0 Å². The molecule has 39 heavy (non-hydrogen) atoms. The second-order valence-corrected chi connectivity index (χ2v) is 9.50. The summed E-state index contributed by atoms with van der Waals surface area (Å²) in [5.41, 5.74) is 5.73. The van der Waals surface area contributed by atoms with Gasteiger partial charge in [0.25, 0.3) is 5.91 Å². The van der Waals surface area contributed by atoms with E-state index in [1.165, 1.54) is 31.2 Å². The number of para-hydroxylation sites is 1. The molecule has 0 aliphatic heterocycles. The maximum absolute atomic E-state index is 12.2. The Hall–Kier alpha value is -3.93. The number of aliphatic imine (C=N–C) groups is 1. The number of carbonyl (C=O) groups is 2. The Morgan fingerprint density at radius 2 is 1.64 bits per heavy atom. The standard InChI is InChI=1S/C22H26N2O4.C11H16/c1-15-8-10-18(22(27)23-13-12-21(25)26)14-19(15)24-16(2)9-11-17-6-4-5-7-20(17)28-3;1-2-3-5-8-11-9-6-4-7-10-11/h4-8,10,14H,9,11-13H2,1-3H3,(H,23,27)(H,25,26);4,6-7,9-10H,2-3,5,8H2,1H3. The molecule has 208 valence electrons. The number of nitrogens with zero attached hydrogens (tertiary/aromatic N) is 1. The van der Waals surface area contributed by atoms with E-state index < -0.39 is 5.97 Å². The largest absolute Gasteiger partial charge is 0.496 e. The zero-order valence-corrected chi connectivity index (χ0v) is 23.7. The van der Waals surface area contributed by atoms with Crippen LogP contribution in [0.5, 0.6) is 5.75 Å². The maximum Gasteiger partial charge on any atom is 0.305 e. The Kier molecular flexibility index (Phi) is 14.1. The van der Waals surface area contributed by atoms with Crippen LogP contribution in [0.4, 0.5) is 5.69 Å². The number of aryl methyl sites for hydroxylation is 3. The molecule has 1 amide bonds. The molecule has 6 nitrogen and oxygen atoms in total. The Balaban J connectivity index is 0.000000404. The summed E-state index contributed by atoms with van der Waals surface area (Å²) in [6.45, 7) is 6.25. The van der Waals surface area contributed by atoms with E-state index in [0.717, 1.165) is 41.1 Å². The molecule has 0 aliphatic carbocycles. The number of carboxylic acid groups (broad SMARTS) is 1. The van der Waals surface area contributed by atoms with Crippen LogP contribution < -0.4 is 10.1 Å². The molecule has 3 aromatic carbocycles. The van der Waals surface area contributed by atoms with Gasteiger partial charge in [0.05, 0.1) is 19.2 Å². The second kappa shape index (κ2) is 17.6. The molecular formula is C33H42N2O4. The Morgan fingerprint density at radius 3 is 2.33 bits per heavy atom. The minimum Gasteiger partial charge on any atom is -0.496 e. The van der Waals surface area contributed by atoms with Gasteiger partial charge >= 0.3 is 5.97 Å². The van der Waals surface area contributed by atoms with Crippen LogP contribution in [0.15, 0.2) is 77.8 Å². The third kappa shape index (κ3) is 12.0. The van der Waals surface area contributed by atoms with Gasteiger partial charge in [-0.25, -0.2) is 0 Å². The summed E-state index contributed by atoms with van der Waals surface area (Å²) in [6, 6.07) is 23.9. The summed E-state index contributed by atoms with van der Waals surface area (Å²) >= 11 is 0. The highest BCUT2D eigenvalue weighted by Gasteiger charge is 2.09. The van der Waals surface area contributed by atoms with E-state index in [-0.39, 0.29) is 18.9 Å². The van der Waals surface area contributed by atoms with Crippen molar-refractivity contribution >= 4 is 23.3 Å². The first kappa shape index (κ1) is 31.3. The van der Waals surface area contributed by atoms with Crippen molar-refractivity contribution in [2.45, 2.75) is 65.7 Å². The summed E-state index contributed by atoms with van der Waals surface area (Å²) in [5.74, 6) is -0.379. The zero-order valence-electron chi connectivity index (χ0n) is 23.7. The van der Waals surface area contributed by atoms with E-state index in [4.69, 9.17) is 9.84 Å². The summed E-state index contributed by atoms with van der Waals surface area (Å²) in [7, 11) is 1.66. The molecule has 0 saturated carbocycles. The number of hydrogen-bond donors (Lipinski definition) is 2. The fraction of sp³-hybridized carbons (Fsp3) is 0.364. The second-order valence-electron chi connectivity index (χ2n) is 9.50. The van der Waals surface area contributed by atoms with Crippen molar-refractivity contribution in [3.05, 3.63) is 95.1 Å². The molecule has 3 aromatic rings. The highest BCUT2D eigenvalue weighted by Crippen LogP contribution is 2.23. The number of carbonyl (C=O) groups excluding carboxylic acids is 1. The lowest BCUT2D eigenvalue weighted by atomic mass is 10.1. The van der Waals surface area contributed by atoms with Gasteiger partial charge in [-0.15, -0.1) is 0 Å². The van der Waals surface area contributed by atoms with Crippen LogP contribution in [0, 0.1) is 6.92 Å². The monoisotopic (exact) mass is 530 g/mol. The summed E-state index contributed by atoms with van der Waals surface area (Å²) in [5, 5.41) is 11.3. The number of aliphatic carboxylic acids is 1. The first-order valence-corrected chi connectivity index (χ1v) is 13.6. The number of benzene rings is 3. The van der Waals surface area contributed by atoms with Crippen molar-refractivity contribution in [2.24, 2.45) is 4.99 Å². The van der Waals surface area contributed by atoms with E-state index in [1.54, 1.807) is 19.2 Å². The Bertz CT molecular complexity index is 1210. The van der Waals surface area contributed by atoms with Crippen LogP contribution in [0.1, 0.15) is 73.0 Å². The molecule has 2 N–H and O–H groups in total. The summed E-state index contributed by atoms with van der Waals surface area (Å²) < 4.78 is 5.38. The maximum atomic E-state index is 12.2. The van der Waals surface area contributed by atoms with Crippen LogP contribution in [-0.4, -0.2) is 36.3 Å². The SMILES string of the molecule is CCCCCc1ccccc1.COc1ccccc1CCC(C)=Nc1cc(C(=O)NCCC(=O)O)ccc1C. The smallest absolute Gasteiger partial charge is 0.305 e. The molecule has 0 saturated heterocycles. The fourth-order valence-corrected chi connectivity index (χ4v) is 3.97. The van der Waals surface area contributed by atoms with Gasteiger partial charge in [0, 0.05) is 17.8 Å². The molecule has 0 unspecified atom stereocenters. The minimum absolute atomic E-state index is 0.0958. The summed E-state index contributed by atoms with van der Waals surface area (Å²) in [6.07, 6.45) is 6.73. The molecule has 0 spiro atoms. The van der Waals surface area contributed by atoms with Crippen molar-refractivity contribution in [3.63, 3.8) is 0 Å². The molecule has 0 bridgehead atoms. The predicted molar refractivity (Wildman–Crippen MR) is 160 cm³/mol. The first-order chi connectivity index (χ1) is 18.8. The molecular weight excluding hydrogens is 488 g/mol. The number of amides is 1. The molecule has 0 atom stereocenters. The van der Waals surface area contributed by atoms with E-state index >= 15 is 0 Å². The van der Waals surface area contributed by atoms with Crippen molar-refractivity contribution < 1.29 is 19.4 Å². The van der Waals surface area contributed by atoms with Gasteiger partial charge in [-0.05, 0) is 74.4 Å². The first-order valence-electron chi connectivity index (χ1n) is 13.6. The quantitative estimate of drug-likeness (QED) is 0.179. The van der Waals surface area contributed by atoms with Crippen LogP contribution in [-0.2, 0) is 17.6 Å². The highest BCUT2D eigenvalue weighted by molar-refractivity contribution is 5.96. The number of nitrogens with one attached hydrogen (secondary N) is 1. The molecule has 0 aliphatic rings. The van der Waals surface area contributed by atoms with Crippen molar-refractivity contribution in [1.29, 1.82) is 0 Å². The third-order valence-corrected chi connectivity index (χ3v) is 6.27. The lowest BCUT2D eigenvalue weighted by Crippen LogP contribution is -2.25. The van der Waals surface area contributed by atoms with Gasteiger partial charge < -0.3 is 15.2 Å². The average Bonchev–Trinajstić information content (AvgIpc) is 2.94. The predicted octanol–water partition coefficient (Wildman–Crippen LogP) is 7.35. The van der Waals surface area contributed by atoms with Gasteiger partial charge in [-0.1, -0.05) is 74.4 Å².